The van der Waals surface area contributed by atoms with Crippen molar-refractivity contribution < 1.29 is 0 Å². The Kier molecular flexibility index (Phi) is 9.83. The van der Waals surface area contributed by atoms with E-state index in [4.69, 9.17) is 0 Å². The smallest absolute Gasteiger partial charge is 0.0725 e. The maximum absolute atomic E-state index is 2.48. The van der Waals surface area contributed by atoms with Crippen LogP contribution in [0.1, 0.15) is 22.3 Å². The van der Waals surface area contributed by atoms with Gasteiger partial charge in [0.05, 0.1) is 22.1 Å². The molecule has 0 unspecified atom stereocenters. The molecule has 13 aromatic rings. The Bertz CT molecular complexity index is 4260. The second-order valence-electron chi connectivity index (χ2n) is 20.0. The molecule has 0 saturated carbocycles. The molecule has 12 aromatic carbocycles. The Labute approximate surface area is 437 Å². The highest BCUT2D eigenvalue weighted by atomic mass is 15.1. The summed E-state index contributed by atoms with van der Waals surface area (Å²) in [6.07, 6.45) is 0. The molecule has 75 heavy (non-hydrogen) atoms. The number of rotatable bonds is 8. The zero-order valence-electron chi connectivity index (χ0n) is 41.1. The van der Waals surface area contributed by atoms with E-state index < -0.39 is 5.41 Å². The van der Waals surface area contributed by atoms with Crippen LogP contribution in [0.5, 0.6) is 0 Å². The van der Waals surface area contributed by atoms with Crippen molar-refractivity contribution in [3.8, 4) is 72.4 Å². The zero-order valence-corrected chi connectivity index (χ0v) is 41.1. The average molecular weight is 953 g/mol. The quantitative estimate of drug-likeness (QED) is 0.147. The lowest BCUT2D eigenvalue weighted by Gasteiger charge is -2.30. The van der Waals surface area contributed by atoms with E-state index in [-0.39, 0.29) is 0 Å². The fourth-order valence-electron chi connectivity index (χ4n) is 12.7. The van der Waals surface area contributed by atoms with Gasteiger partial charge in [-0.2, -0.15) is 0 Å². The van der Waals surface area contributed by atoms with Gasteiger partial charge in [-0.3, -0.25) is 0 Å². The Balaban J connectivity index is 0.869. The van der Waals surface area contributed by atoms with Gasteiger partial charge in [-0.05, 0) is 150 Å². The number of anilines is 3. The van der Waals surface area contributed by atoms with Gasteiger partial charge >= 0.3 is 0 Å². The lowest BCUT2D eigenvalue weighted by atomic mass is 9.70. The first-order valence-corrected chi connectivity index (χ1v) is 26.0. The predicted molar refractivity (Wildman–Crippen MR) is 314 cm³/mol. The van der Waals surface area contributed by atoms with Gasteiger partial charge in [0.1, 0.15) is 0 Å². The predicted octanol–water partition coefficient (Wildman–Crippen LogP) is 19.3. The van der Waals surface area contributed by atoms with Crippen LogP contribution in [-0.2, 0) is 5.41 Å². The summed E-state index contributed by atoms with van der Waals surface area (Å²) in [5.74, 6) is 0. The second kappa shape index (κ2) is 17.2. The average Bonchev–Trinajstić information content (AvgIpc) is 4.28. The van der Waals surface area contributed by atoms with Crippen molar-refractivity contribution in [1.29, 1.82) is 0 Å². The molecule has 0 fully saturated rings. The van der Waals surface area contributed by atoms with Crippen molar-refractivity contribution in [3.05, 3.63) is 313 Å². The van der Waals surface area contributed by atoms with Crippen LogP contribution < -0.4 is 4.90 Å². The first-order valence-electron chi connectivity index (χ1n) is 26.0. The van der Waals surface area contributed by atoms with Gasteiger partial charge in [0.15, 0.2) is 0 Å². The molecular weight excluding hydrogens is 905 g/mol. The molecular formula is C73H48N2. The molecule has 350 valence electrons. The number of para-hydroxylation sites is 2. The summed E-state index contributed by atoms with van der Waals surface area (Å²) in [7, 11) is 0. The van der Waals surface area contributed by atoms with Crippen LogP contribution in [0.2, 0.25) is 0 Å². The van der Waals surface area contributed by atoms with Crippen LogP contribution in [-0.4, -0.2) is 4.57 Å². The monoisotopic (exact) mass is 952 g/mol. The number of fused-ring (bicyclic) bond motifs is 13. The summed E-state index contributed by atoms with van der Waals surface area (Å²) in [6.45, 7) is 0. The van der Waals surface area contributed by atoms with Crippen molar-refractivity contribution in [2.45, 2.75) is 5.41 Å². The number of hydrogen-bond acceptors (Lipinski definition) is 1. The first-order chi connectivity index (χ1) is 37.2. The lowest BCUT2D eigenvalue weighted by molar-refractivity contribution is 0.794. The topological polar surface area (TPSA) is 8.17 Å². The number of aromatic nitrogens is 1. The molecule has 0 amide bonds. The molecule has 0 radical (unpaired) electrons. The summed E-state index contributed by atoms with van der Waals surface area (Å²) < 4.78 is 2.38. The van der Waals surface area contributed by atoms with E-state index in [2.05, 4.69) is 301 Å². The van der Waals surface area contributed by atoms with Crippen molar-refractivity contribution in [1.82, 2.24) is 4.57 Å². The van der Waals surface area contributed by atoms with E-state index >= 15 is 0 Å². The third-order valence-corrected chi connectivity index (χ3v) is 16.0. The lowest BCUT2D eigenvalue weighted by Crippen LogP contribution is -2.25. The van der Waals surface area contributed by atoms with Crippen molar-refractivity contribution in [2.24, 2.45) is 0 Å². The second-order valence-corrected chi connectivity index (χ2v) is 20.0. The molecule has 0 aliphatic heterocycles. The van der Waals surface area contributed by atoms with E-state index in [0.29, 0.717) is 0 Å². The molecule has 1 aromatic heterocycles. The molecule has 0 atom stereocenters. The number of hydrogen-bond donors (Lipinski definition) is 0. The van der Waals surface area contributed by atoms with Crippen LogP contribution in [0, 0.1) is 0 Å². The van der Waals surface area contributed by atoms with Crippen LogP contribution in [0.3, 0.4) is 0 Å². The molecule has 0 bridgehead atoms. The largest absolute Gasteiger partial charge is 0.310 e. The minimum atomic E-state index is -0.400. The summed E-state index contributed by atoms with van der Waals surface area (Å²) in [5, 5.41) is 2.49. The summed E-state index contributed by atoms with van der Waals surface area (Å²) in [5.41, 5.74) is 26.5. The van der Waals surface area contributed by atoms with Crippen LogP contribution in [0.25, 0.3) is 94.3 Å². The molecule has 2 aliphatic carbocycles. The highest BCUT2D eigenvalue weighted by Crippen LogP contribution is 2.63. The first kappa shape index (κ1) is 42.9. The van der Waals surface area contributed by atoms with Gasteiger partial charge in [0.2, 0.25) is 0 Å². The molecule has 15 rings (SSSR count). The molecule has 0 saturated heterocycles. The highest BCUT2D eigenvalue weighted by Gasteiger charge is 2.51. The van der Waals surface area contributed by atoms with E-state index in [0.717, 1.165) is 45.0 Å². The van der Waals surface area contributed by atoms with Crippen molar-refractivity contribution in [3.63, 3.8) is 0 Å². The van der Waals surface area contributed by atoms with E-state index in [9.17, 15) is 0 Å². The standard InChI is InChI=1S/C73H48N2/c1-4-18-49(19-5-1)55-36-43-59(52-20-6-2-7-21-52)72(48-55)74(57-39-32-50(33-40-57)53-38-45-71-65(46-53)64-27-13-17-31-70(64)75(71)56-22-8-3-9-23-56)58-41-34-51(35-42-58)54-37-44-63-62-26-12-16-30-68(62)73(69(63)47-54)66-28-14-10-24-60(66)61-25-11-15-29-67(61)73/h1-48H. The van der Waals surface area contributed by atoms with E-state index in [1.165, 1.54) is 88.6 Å². The highest BCUT2D eigenvalue weighted by molar-refractivity contribution is 6.10. The molecule has 1 spiro atoms. The van der Waals surface area contributed by atoms with Crippen LogP contribution >= 0.6 is 0 Å². The number of nitrogens with zero attached hydrogens (tertiary/aromatic N) is 2. The minimum Gasteiger partial charge on any atom is -0.310 e. The van der Waals surface area contributed by atoms with Gasteiger partial charge in [0.25, 0.3) is 0 Å². The molecule has 2 aliphatic rings. The maximum atomic E-state index is 2.48. The third kappa shape index (κ3) is 6.66. The van der Waals surface area contributed by atoms with E-state index in [1.807, 2.05) is 0 Å². The Morgan fingerprint density at radius 2 is 0.667 bits per heavy atom. The van der Waals surface area contributed by atoms with E-state index in [1.54, 1.807) is 0 Å². The molecule has 2 heteroatoms. The third-order valence-electron chi connectivity index (χ3n) is 16.0. The van der Waals surface area contributed by atoms with Gasteiger partial charge in [-0.15, -0.1) is 0 Å². The molecule has 0 N–H and O–H groups in total. The van der Waals surface area contributed by atoms with Gasteiger partial charge in [0, 0.05) is 33.4 Å². The van der Waals surface area contributed by atoms with Gasteiger partial charge in [-0.1, -0.05) is 224 Å². The van der Waals surface area contributed by atoms with Crippen LogP contribution in [0.15, 0.2) is 291 Å². The summed E-state index contributed by atoms with van der Waals surface area (Å²) in [6, 6.07) is 107. The Morgan fingerprint density at radius 1 is 0.253 bits per heavy atom. The summed E-state index contributed by atoms with van der Waals surface area (Å²) in [4.78, 5) is 2.44. The van der Waals surface area contributed by atoms with Gasteiger partial charge < -0.3 is 9.47 Å². The Morgan fingerprint density at radius 3 is 1.27 bits per heavy atom. The zero-order chi connectivity index (χ0) is 49.5. The number of benzene rings is 12. The Hall–Kier alpha value is -9.76. The van der Waals surface area contributed by atoms with Crippen molar-refractivity contribution >= 4 is 38.9 Å². The van der Waals surface area contributed by atoms with Crippen molar-refractivity contribution in [2.75, 3.05) is 4.90 Å². The fourth-order valence-corrected chi connectivity index (χ4v) is 12.7. The van der Waals surface area contributed by atoms with Gasteiger partial charge in [-0.25, -0.2) is 0 Å². The normalized spacial score (nSPS) is 12.6. The minimum absolute atomic E-state index is 0.400. The summed E-state index contributed by atoms with van der Waals surface area (Å²) >= 11 is 0. The van der Waals surface area contributed by atoms with Crippen LogP contribution in [0.4, 0.5) is 17.1 Å². The molecule has 2 nitrogen and oxygen atoms in total. The fraction of sp³-hybridized carbons (Fsp3) is 0.0137. The SMILES string of the molecule is c1ccc(-c2ccc(-c3ccccc3)c(N(c3ccc(-c4ccc5c(c4)C4(c6ccccc6-c6ccccc64)c4ccccc4-5)cc3)c3ccc(-c4ccc5c(c4)c4ccccc4n5-c4ccccc4)cc3)c2)cc1. The molecule has 1 heterocycles. The maximum Gasteiger partial charge on any atom is 0.0725 e.